The Labute approximate surface area is 616 Å². The summed E-state index contributed by atoms with van der Waals surface area (Å²) in [6, 6.07) is 6.28. The lowest BCUT2D eigenvalue weighted by Gasteiger charge is -2.28. The number of guanidine groups is 1. The highest BCUT2D eigenvalue weighted by Crippen LogP contribution is 2.21. The Morgan fingerprint density at radius 3 is 1.44 bits per heavy atom. The second kappa shape index (κ2) is 42.8. The van der Waals surface area contributed by atoms with Crippen molar-refractivity contribution in [2.24, 2.45) is 29.0 Å². The van der Waals surface area contributed by atoms with Crippen LogP contribution in [-0.4, -0.2) is 210 Å². The molecule has 3 aromatic heterocycles. The number of nitrogens with two attached hydrogens (primary N) is 3. The number of carbonyl (C=O) groups excluding carboxylic acids is 11. The van der Waals surface area contributed by atoms with E-state index in [9.17, 15) is 63.3 Å². The number of rotatable bonds is 45. The van der Waals surface area contributed by atoms with E-state index >= 15 is 9.59 Å². The minimum Gasteiger partial charge on any atom is -0.508 e. The summed E-state index contributed by atoms with van der Waals surface area (Å²) in [5, 5.41) is 70.3. The Morgan fingerprint density at radius 2 is 0.953 bits per heavy atom. The summed E-state index contributed by atoms with van der Waals surface area (Å²) in [5.74, 6) is -12.3. The maximum Gasteiger partial charge on any atom is 0.322 e. The number of aliphatic hydroxyl groups is 1. The summed E-state index contributed by atoms with van der Waals surface area (Å²) in [4.78, 5) is 186. The first-order valence-corrected chi connectivity index (χ1v) is 35.1. The van der Waals surface area contributed by atoms with E-state index in [1.807, 2.05) is 0 Å². The molecule has 0 spiro atoms. The molecule has 107 heavy (non-hydrogen) atoms. The Kier molecular flexibility index (Phi) is 33.7. The van der Waals surface area contributed by atoms with Gasteiger partial charge in [0.2, 0.25) is 65.0 Å². The minimum absolute atomic E-state index is 0.00924. The number of phenols is 1. The first kappa shape index (κ1) is 84.2. The number of carboxylic acids is 1. The zero-order chi connectivity index (χ0) is 78.1. The molecule has 0 aliphatic carbocycles. The SMILES string of the molecule is CC(C)C[C@H](NC(=O)[C@H](Cc1c[nH]c2ccccc12)NC(=O)[C@H](CCCNC(=N)N)NC(=O)[C@H](CO)NC(=O)[C@H](Cc1ccc(O)cc1)NC(=O)[C@H](Cc1ccccc1)NC(=O)[C@H](Cc1cnc[nH]1)NC(=O)[C@H](CCCCN)NC(=O)[C@H](Cc1cnc[nH]1)NC(=O)[C@@H](NC(=O)CN)C(C)C)C(=O)NCC(=O)O. The molecule has 25 N–H and O–H groups in total. The summed E-state index contributed by atoms with van der Waals surface area (Å²) < 4.78 is 0. The second-order valence-electron chi connectivity index (χ2n) is 26.4. The third-order valence-corrected chi connectivity index (χ3v) is 17.1. The number of benzene rings is 3. The fourth-order valence-electron chi connectivity index (χ4n) is 11.5. The minimum atomic E-state index is -1.87. The van der Waals surface area contributed by atoms with Crippen LogP contribution in [0.2, 0.25) is 0 Å². The molecule has 10 atom stereocenters. The van der Waals surface area contributed by atoms with Crippen LogP contribution in [-0.2, 0) is 89.6 Å². The van der Waals surface area contributed by atoms with Crippen LogP contribution in [0.3, 0.4) is 0 Å². The van der Waals surface area contributed by atoms with Crippen molar-refractivity contribution in [3.05, 3.63) is 138 Å². The van der Waals surface area contributed by atoms with E-state index < -0.39 is 163 Å². The van der Waals surface area contributed by atoms with Crippen molar-refractivity contribution in [3.63, 3.8) is 0 Å². The van der Waals surface area contributed by atoms with Crippen LogP contribution in [0.15, 0.2) is 110 Å². The van der Waals surface area contributed by atoms with E-state index in [2.05, 4.69) is 88.7 Å². The van der Waals surface area contributed by atoms with Crippen molar-refractivity contribution in [1.29, 1.82) is 5.41 Å². The number of aromatic hydroxyl groups is 1. The number of unbranched alkanes of at least 4 members (excludes halogenated alkanes) is 1. The van der Waals surface area contributed by atoms with Crippen LogP contribution in [0.25, 0.3) is 10.9 Å². The fourth-order valence-corrected chi connectivity index (χ4v) is 11.5. The van der Waals surface area contributed by atoms with E-state index in [-0.39, 0.29) is 82.5 Å². The Balaban J connectivity index is 1.28. The molecule has 36 heteroatoms. The number of fused-ring (bicyclic) bond motifs is 1. The topological polar surface area (TPSA) is 585 Å². The molecule has 0 aliphatic heterocycles. The zero-order valence-corrected chi connectivity index (χ0v) is 60.0. The van der Waals surface area contributed by atoms with Crippen molar-refractivity contribution < 1.29 is 72.9 Å². The van der Waals surface area contributed by atoms with Gasteiger partial charge in [-0.1, -0.05) is 88.4 Å². The van der Waals surface area contributed by atoms with E-state index in [1.165, 1.54) is 49.3 Å². The number of H-pyrrole nitrogens is 3. The second-order valence-corrected chi connectivity index (χ2v) is 26.4. The molecular formula is C71H99N21O15. The number of para-hydroxylation sites is 1. The van der Waals surface area contributed by atoms with Gasteiger partial charge in [0.1, 0.15) is 72.7 Å². The number of aliphatic carboxylic acids is 1. The van der Waals surface area contributed by atoms with Crippen molar-refractivity contribution in [3.8, 4) is 5.75 Å². The third kappa shape index (κ3) is 28.0. The quantitative estimate of drug-likeness (QED) is 0.0102. The van der Waals surface area contributed by atoms with Crippen LogP contribution < -0.4 is 81.0 Å². The summed E-state index contributed by atoms with van der Waals surface area (Å²) in [6.45, 7) is 4.88. The Hall–Kier alpha value is -11.8. The van der Waals surface area contributed by atoms with Gasteiger partial charge in [-0.2, -0.15) is 0 Å². The lowest BCUT2D eigenvalue weighted by molar-refractivity contribution is -0.138. The van der Waals surface area contributed by atoms with Crippen molar-refractivity contribution in [1.82, 2.24) is 88.7 Å². The van der Waals surface area contributed by atoms with Gasteiger partial charge in [-0.3, -0.25) is 62.9 Å². The molecule has 0 saturated carbocycles. The Morgan fingerprint density at radius 1 is 0.495 bits per heavy atom. The number of imidazole rings is 2. The van der Waals surface area contributed by atoms with Crippen molar-refractivity contribution in [2.45, 2.75) is 159 Å². The van der Waals surface area contributed by atoms with Gasteiger partial charge in [-0.05, 0) is 91.8 Å². The number of nitrogens with one attached hydrogen (secondary N) is 16. The number of hydrogen-bond acceptors (Lipinski definition) is 19. The number of phenolic OH excluding ortho intramolecular Hbond substituents is 1. The molecule has 0 saturated heterocycles. The molecule has 6 rings (SSSR count). The molecule has 0 bridgehead atoms. The number of nitrogens with zero attached hydrogens (tertiary/aromatic N) is 2. The number of aliphatic hydroxyl groups excluding tert-OH is 1. The number of aromatic nitrogens is 5. The van der Waals surface area contributed by atoms with Gasteiger partial charge in [-0.25, -0.2) is 9.97 Å². The first-order valence-electron chi connectivity index (χ1n) is 35.1. The van der Waals surface area contributed by atoms with Crippen LogP contribution in [0.4, 0.5) is 0 Å². The average Bonchev–Trinajstić information content (AvgIpc) is 1.78. The first-order chi connectivity index (χ1) is 51.1. The average molecular weight is 1490 g/mol. The molecule has 578 valence electrons. The largest absolute Gasteiger partial charge is 0.508 e. The van der Waals surface area contributed by atoms with Gasteiger partial charge >= 0.3 is 5.97 Å². The lowest BCUT2D eigenvalue weighted by atomic mass is 10.00. The van der Waals surface area contributed by atoms with E-state index in [1.54, 1.807) is 88.5 Å². The third-order valence-electron chi connectivity index (χ3n) is 17.1. The molecule has 3 aromatic carbocycles. The predicted molar refractivity (Wildman–Crippen MR) is 391 cm³/mol. The predicted octanol–water partition coefficient (Wildman–Crippen LogP) is -3.07. The number of carbonyl (C=O) groups is 12. The smallest absolute Gasteiger partial charge is 0.322 e. The van der Waals surface area contributed by atoms with Gasteiger partial charge in [-0.15, -0.1) is 0 Å². The standard InChI is InChI=1S/C71H99N21O15/c1-39(2)25-51(61(98)80-35-59(96)97)85-66(103)54(28-43-32-79-48-16-9-8-15-47(43)48)88-63(100)50(18-12-24-78-71(74)75)84-69(106)57(36-93)91-65(102)53(27-42-19-21-46(94)22-20-42)86-64(101)52(26-41-13-6-5-7-14-41)87-68(105)55(29-44-33-76-37-81-44)89-62(99)49(17-10-11-23-72)83-67(104)56(30-45-34-77-38-82-45)90-70(107)60(40(3)4)92-58(95)31-73/h5-9,13-16,19-22,32-34,37-40,49-57,60,79,93-94H,10-12,17-18,23-31,35-36,72-73H2,1-4H3,(H,76,81)(H,77,82)(H,80,98)(H,83,104)(H,84,106)(H,85,103)(H,86,101)(H,87,105)(H,88,100)(H,89,99)(H,90,107)(H,91,102)(H,92,95)(H,96,97)(H4,74,75,78)/t49-,50-,51-,52-,53-,54-,55-,56-,57-,60-/m0/s1. The highest BCUT2D eigenvalue weighted by atomic mass is 16.4. The summed E-state index contributed by atoms with van der Waals surface area (Å²) in [5.41, 5.74) is 19.8. The number of amides is 11. The molecule has 36 nitrogen and oxygen atoms in total. The monoisotopic (exact) mass is 1490 g/mol. The molecule has 0 unspecified atom stereocenters. The molecule has 0 radical (unpaired) electrons. The molecule has 0 aliphatic rings. The van der Waals surface area contributed by atoms with Gasteiger partial charge in [0.05, 0.1) is 25.8 Å². The maximum atomic E-state index is 15.1. The van der Waals surface area contributed by atoms with Crippen LogP contribution >= 0.6 is 0 Å². The summed E-state index contributed by atoms with van der Waals surface area (Å²) in [6.07, 6.45) is 6.57. The highest BCUT2D eigenvalue weighted by molar-refractivity contribution is 6.00. The summed E-state index contributed by atoms with van der Waals surface area (Å²) >= 11 is 0. The van der Waals surface area contributed by atoms with E-state index in [0.717, 1.165) is 0 Å². The van der Waals surface area contributed by atoms with Gasteiger partial charge < -0.3 is 111 Å². The molecule has 6 aromatic rings. The van der Waals surface area contributed by atoms with Gasteiger partial charge in [0.25, 0.3) is 0 Å². The Bertz CT molecular complexity index is 3930. The highest BCUT2D eigenvalue weighted by Gasteiger charge is 2.38. The zero-order valence-electron chi connectivity index (χ0n) is 60.0. The van der Waals surface area contributed by atoms with Crippen molar-refractivity contribution >= 4 is 87.8 Å². The molecule has 3 heterocycles. The van der Waals surface area contributed by atoms with Gasteiger partial charge in [0.15, 0.2) is 5.96 Å². The molecule has 11 amide bonds. The van der Waals surface area contributed by atoms with E-state index in [4.69, 9.17) is 22.6 Å². The van der Waals surface area contributed by atoms with Crippen LogP contribution in [0.1, 0.15) is 94.3 Å². The maximum absolute atomic E-state index is 15.1. The summed E-state index contributed by atoms with van der Waals surface area (Å²) in [7, 11) is 0. The number of aromatic amines is 3. The van der Waals surface area contributed by atoms with Crippen molar-refractivity contribution in [2.75, 3.05) is 32.8 Å². The number of hydrogen-bond donors (Lipinski definition) is 22. The fraction of sp³-hybridized carbons (Fsp3) is 0.451. The molecular weight excluding hydrogens is 1390 g/mol. The van der Waals surface area contributed by atoms with Crippen LogP contribution in [0, 0.1) is 17.2 Å². The van der Waals surface area contributed by atoms with Gasteiger partial charge in [0, 0.05) is 79.5 Å². The van der Waals surface area contributed by atoms with Crippen LogP contribution in [0.5, 0.6) is 5.75 Å². The lowest BCUT2D eigenvalue weighted by Crippen LogP contribution is -2.62. The normalized spacial score (nSPS) is 14.0. The number of carboxylic acid groups (broad SMARTS) is 1. The molecule has 0 fully saturated rings. The van der Waals surface area contributed by atoms with E-state index in [0.29, 0.717) is 51.8 Å².